The minimum Gasteiger partial charge on any atom is -0.356 e. The minimum atomic E-state index is -0.152. The first-order chi connectivity index (χ1) is 13.2. The van der Waals surface area contributed by atoms with E-state index in [9.17, 15) is 4.79 Å². The van der Waals surface area contributed by atoms with Crippen LogP contribution in [0, 0.1) is 12.3 Å². The van der Waals surface area contributed by atoms with E-state index in [-0.39, 0.29) is 18.0 Å². The van der Waals surface area contributed by atoms with Crippen molar-refractivity contribution in [2.24, 2.45) is 0 Å². The average Bonchev–Trinajstić information content (AvgIpc) is 3.07. The number of rotatable bonds is 8. The summed E-state index contributed by atoms with van der Waals surface area (Å²) in [6, 6.07) is 8.79. The van der Waals surface area contributed by atoms with Gasteiger partial charge in [0, 0.05) is 22.6 Å². The molecule has 0 fully saturated rings. The minimum absolute atomic E-state index is 0.0726. The Bertz CT molecular complexity index is 813. The molecular formula is C24H32N2O. The number of aromatic amines is 1. The number of H-pyrrole nitrogens is 1. The maximum absolute atomic E-state index is 12.7. The highest BCUT2D eigenvalue weighted by Crippen LogP contribution is 2.41. The number of amides is 1. The Morgan fingerprint density at radius 2 is 1.93 bits per heavy atom. The lowest BCUT2D eigenvalue weighted by molar-refractivity contribution is -0.131. The largest absolute Gasteiger partial charge is 0.356 e. The van der Waals surface area contributed by atoms with Crippen molar-refractivity contribution in [1.29, 1.82) is 0 Å². The zero-order valence-corrected chi connectivity index (χ0v) is 16.8. The summed E-state index contributed by atoms with van der Waals surface area (Å²) < 4.78 is 0. The second kappa shape index (κ2) is 9.13. The Morgan fingerprint density at radius 1 is 1.15 bits per heavy atom. The van der Waals surface area contributed by atoms with E-state index in [0.29, 0.717) is 0 Å². The molecule has 0 unspecified atom stereocenters. The summed E-state index contributed by atoms with van der Waals surface area (Å²) in [6.07, 6.45) is 15.5. The first-order valence-electron chi connectivity index (χ1n) is 10.6. The van der Waals surface area contributed by atoms with Gasteiger partial charge in [-0.2, -0.15) is 0 Å². The van der Waals surface area contributed by atoms with Crippen LogP contribution in [0.4, 0.5) is 0 Å². The van der Waals surface area contributed by atoms with Crippen molar-refractivity contribution >= 4 is 16.8 Å². The summed E-state index contributed by atoms with van der Waals surface area (Å²) in [5.74, 6) is 2.26. The monoisotopic (exact) mass is 364 g/mol. The van der Waals surface area contributed by atoms with Crippen LogP contribution in [0.3, 0.4) is 0 Å². The molecule has 3 rings (SSSR count). The standard InChI is InChI=1S/C24H32N2O/c1-4-7-9-10-16-22-24-20(19-14-11-12-15-21(19)25-24)17-18(13-8-5-2)26(22)23(27)6-3/h3,11-12,14-15,18,22,25H,4-5,7-10,13,16-17H2,1-2H3/t18-,22-/m0/s1. The van der Waals surface area contributed by atoms with E-state index in [1.807, 2.05) is 4.90 Å². The molecule has 2 heterocycles. The van der Waals surface area contributed by atoms with Crippen LogP contribution in [-0.2, 0) is 11.2 Å². The van der Waals surface area contributed by atoms with Gasteiger partial charge in [-0.15, -0.1) is 6.42 Å². The summed E-state index contributed by atoms with van der Waals surface area (Å²) in [5.41, 5.74) is 3.78. The molecular weight excluding hydrogens is 332 g/mol. The highest BCUT2D eigenvalue weighted by molar-refractivity contribution is 5.94. The highest BCUT2D eigenvalue weighted by atomic mass is 16.2. The molecule has 27 heavy (non-hydrogen) atoms. The number of carbonyl (C=O) groups excluding carboxylic acids is 1. The second-order valence-corrected chi connectivity index (χ2v) is 7.78. The number of nitrogens with one attached hydrogen (secondary N) is 1. The number of hydrogen-bond donors (Lipinski definition) is 1. The maximum Gasteiger partial charge on any atom is 0.299 e. The molecule has 0 spiro atoms. The smallest absolute Gasteiger partial charge is 0.299 e. The quantitative estimate of drug-likeness (QED) is 0.469. The topological polar surface area (TPSA) is 36.1 Å². The Hall–Kier alpha value is -2.21. The van der Waals surface area contributed by atoms with E-state index in [2.05, 4.69) is 49.0 Å². The molecule has 0 bridgehead atoms. The molecule has 1 N–H and O–H groups in total. The number of nitrogens with zero attached hydrogens (tertiary/aromatic N) is 1. The van der Waals surface area contributed by atoms with Gasteiger partial charge in [0.15, 0.2) is 0 Å². The van der Waals surface area contributed by atoms with Gasteiger partial charge in [-0.1, -0.05) is 70.6 Å². The lowest BCUT2D eigenvalue weighted by Crippen LogP contribution is -2.47. The lowest BCUT2D eigenvalue weighted by Gasteiger charge is -2.41. The molecule has 0 radical (unpaired) electrons. The highest BCUT2D eigenvalue weighted by Gasteiger charge is 2.38. The number of unbranched alkanes of at least 4 members (excludes halogenated alkanes) is 4. The number of hydrogen-bond acceptors (Lipinski definition) is 1. The molecule has 0 saturated carbocycles. The molecule has 1 aromatic carbocycles. The maximum atomic E-state index is 12.7. The fourth-order valence-electron chi connectivity index (χ4n) is 4.56. The van der Waals surface area contributed by atoms with E-state index in [0.717, 1.165) is 38.5 Å². The van der Waals surface area contributed by atoms with Crippen molar-refractivity contribution in [3.8, 4) is 12.3 Å². The van der Waals surface area contributed by atoms with Crippen LogP contribution in [0.2, 0.25) is 0 Å². The third-order valence-electron chi connectivity index (χ3n) is 5.93. The zero-order chi connectivity index (χ0) is 19.2. The van der Waals surface area contributed by atoms with Crippen molar-refractivity contribution in [2.75, 3.05) is 0 Å². The summed E-state index contributed by atoms with van der Waals surface area (Å²) >= 11 is 0. The molecule has 3 heteroatoms. The molecule has 1 aliphatic rings. The van der Waals surface area contributed by atoms with Gasteiger partial charge in [0.25, 0.3) is 5.91 Å². The molecule has 0 aliphatic carbocycles. The van der Waals surface area contributed by atoms with Gasteiger partial charge >= 0.3 is 0 Å². The van der Waals surface area contributed by atoms with Gasteiger partial charge in [0.05, 0.1) is 6.04 Å². The third-order valence-corrected chi connectivity index (χ3v) is 5.93. The van der Waals surface area contributed by atoms with Gasteiger partial charge in [0.1, 0.15) is 0 Å². The number of para-hydroxylation sites is 1. The van der Waals surface area contributed by atoms with Crippen molar-refractivity contribution in [3.63, 3.8) is 0 Å². The summed E-state index contributed by atoms with van der Waals surface area (Å²) in [6.45, 7) is 4.43. The molecule has 144 valence electrons. The first kappa shape index (κ1) is 19.5. The number of benzene rings is 1. The number of carbonyl (C=O) groups is 1. The molecule has 1 aromatic heterocycles. The van der Waals surface area contributed by atoms with Crippen LogP contribution in [0.1, 0.15) is 82.5 Å². The van der Waals surface area contributed by atoms with Crippen molar-refractivity contribution in [1.82, 2.24) is 9.88 Å². The molecule has 2 atom stereocenters. The SMILES string of the molecule is C#CC(=O)N1[C@@H](CCCC)Cc2c([nH]c3ccccc23)[C@@H]1CCCCCC. The van der Waals surface area contributed by atoms with Gasteiger partial charge in [0.2, 0.25) is 0 Å². The normalized spacial score (nSPS) is 19.1. The average molecular weight is 365 g/mol. The fourth-order valence-corrected chi connectivity index (χ4v) is 4.56. The Labute approximate surface area is 163 Å². The van der Waals surface area contributed by atoms with Gasteiger partial charge in [-0.3, -0.25) is 4.79 Å². The lowest BCUT2D eigenvalue weighted by atomic mass is 9.87. The summed E-state index contributed by atoms with van der Waals surface area (Å²) in [5, 5.41) is 1.31. The van der Waals surface area contributed by atoms with Crippen LogP contribution in [0.25, 0.3) is 10.9 Å². The van der Waals surface area contributed by atoms with Crippen molar-refractivity contribution in [3.05, 3.63) is 35.5 Å². The van der Waals surface area contributed by atoms with Gasteiger partial charge in [-0.25, -0.2) is 0 Å². The first-order valence-corrected chi connectivity index (χ1v) is 10.6. The predicted molar refractivity (Wildman–Crippen MR) is 112 cm³/mol. The van der Waals surface area contributed by atoms with Crippen molar-refractivity contribution < 1.29 is 4.79 Å². The van der Waals surface area contributed by atoms with E-state index in [4.69, 9.17) is 6.42 Å². The van der Waals surface area contributed by atoms with Crippen molar-refractivity contribution in [2.45, 2.75) is 83.7 Å². The molecule has 1 amide bonds. The Kier molecular flexibility index (Phi) is 6.61. The van der Waals surface area contributed by atoms with Crippen LogP contribution in [0.15, 0.2) is 24.3 Å². The van der Waals surface area contributed by atoms with E-state index in [1.54, 1.807) is 0 Å². The van der Waals surface area contributed by atoms with E-state index in [1.165, 1.54) is 41.4 Å². The van der Waals surface area contributed by atoms with Gasteiger partial charge < -0.3 is 9.88 Å². The molecule has 3 nitrogen and oxygen atoms in total. The fraction of sp³-hybridized carbons (Fsp3) is 0.542. The van der Waals surface area contributed by atoms with Crippen LogP contribution < -0.4 is 0 Å². The summed E-state index contributed by atoms with van der Waals surface area (Å²) in [4.78, 5) is 18.4. The zero-order valence-electron chi connectivity index (χ0n) is 16.8. The Morgan fingerprint density at radius 3 is 2.67 bits per heavy atom. The van der Waals surface area contributed by atoms with Crippen LogP contribution in [-0.4, -0.2) is 21.8 Å². The predicted octanol–water partition coefficient (Wildman–Crippen LogP) is 5.76. The number of terminal acetylenes is 1. The Balaban J connectivity index is 2.00. The molecule has 1 aliphatic heterocycles. The molecule has 0 saturated heterocycles. The second-order valence-electron chi connectivity index (χ2n) is 7.78. The molecule has 2 aromatic rings. The summed E-state index contributed by atoms with van der Waals surface area (Å²) in [7, 11) is 0. The number of aromatic nitrogens is 1. The van der Waals surface area contributed by atoms with E-state index >= 15 is 0 Å². The van der Waals surface area contributed by atoms with Crippen LogP contribution >= 0.6 is 0 Å². The third kappa shape index (κ3) is 4.05. The van der Waals surface area contributed by atoms with Crippen LogP contribution in [0.5, 0.6) is 0 Å². The number of fused-ring (bicyclic) bond motifs is 3. The van der Waals surface area contributed by atoms with E-state index < -0.39 is 0 Å². The van der Waals surface area contributed by atoms with Gasteiger partial charge in [-0.05, 0) is 36.8 Å².